The van der Waals surface area contributed by atoms with Gasteiger partial charge in [0, 0.05) is 26.3 Å². The molecular weight excluding hydrogens is 332 g/mol. The summed E-state index contributed by atoms with van der Waals surface area (Å²) in [4.78, 5) is 28.2. The fourth-order valence-corrected chi connectivity index (χ4v) is 3.89. The van der Waals surface area contributed by atoms with E-state index in [0.717, 1.165) is 45.1 Å². The summed E-state index contributed by atoms with van der Waals surface area (Å²) in [5.74, 6) is 1.63. The van der Waals surface area contributed by atoms with Crippen LogP contribution < -0.4 is 10.6 Å². The van der Waals surface area contributed by atoms with E-state index in [1.54, 1.807) is 0 Å². The van der Waals surface area contributed by atoms with Gasteiger partial charge in [0.1, 0.15) is 5.54 Å². The lowest BCUT2D eigenvalue weighted by Crippen LogP contribution is -2.45. The van der Waals surface area contributed by atoms with Crippen molar-refractivity contribution in [2.45, 2.75) is 83.1 Å². The highest BCUT2D eigenvalue weighted by Gasteiger charge is 2.38. The molecule has 2 aliphatic rings. The SMILES string of the molecule is CC(=O)NC1(c2noc(CCC(=O)NCC3CCC3)n2)CCCCCC1. The summed E-state index contributed by atoms with van der Waals surface area (Å²) in [6, 6.07) is 0. The van der Waals surface area contributed by atoms with E-state index in [-0.39, 0.29) is 11.8 Å². The second-order valence-corrected chi connectivity index (χ2v) is 7.79. The third-order valence-corrected chi connectivity index (χ3v) is 5.65. The molecule has 2 N–H and O–H groups in total. The van der Waals surface area contributed by atoms with E-state index >= 15 is 0 Å². The number of amides is 2. The van der Waals surface area contributed by atoms with E-state index < -0.39 is 5.54 Å². The molecule has 0 radical (unpaired) electrons. The first kappa shape index (κ1) is 18.9. The summed E-state index contributed by atoms with van der Waals surface area (Å²) in [7, 11) is 0. The van der Waals surface area contributed by atoms with Gasteiger partial charge in [0.05, 0.1) is 0 Å². The molecule has 1 aromatic heterocycles. The van der Waals surface area contributed by atoms with E-state index in [0.29, 0.717) is 30.5 Å². The van der Waals surface area contributed by atoms with Crippen LogP contribution in [0.1, 0.15) is 82.8 Å². The van der Waals surface area contributed by atoms with Crippen LogP contribution >= 0.6 is 0 Å². The summed E-state index contributed by atoms with van der Waals surface area (Å²) in [6.45, 7) is 2.31. The molecule has 7 nitrogen and oxygen atoms in total. The van der Waals surface area contributed by atoms with Crippen LogP contribution in [0.2, 0.25) is 0 Å². The highest BCUT2D eigenvalue weighted by atomic mass is 16.5. The van der Waals surface area contributed by atoms with E-state index in [2.05, 4.69) is 20.8 Å². The largest absolute Gasteiger partial charge is 0.356 e. The Morgan fingerprint density at radius 1 is 1.15 bits per heavy atom. The Kier molecular flexibility index (Phi) is 6.27. The Bertz CT molecular complexity index is 616. The standard InChI is InChI=1S/C19H30N4O3/c1-14(24)22-19(11-4-2-3-5-12-19)18-21-17(26-23-18)10-9-16(25)20-13-15-7-6-8-15/h15H,2-13H2,1H3,(H,20,25)(H,22,24). The molecule has 26 heavy (non-hydrogen) atoms. The van der Waals surface area contributed by atoms with Crippen LogP contribution in [0.15, 0.2) is 4.52 Å². The van der Waals surface area contributed by atoms with E-state index in [9.17, 15) is 9.59 Å². The number of hydrogen-bond acceptors (Lipinski definition) is 5. The smallest absolute Gasteiger partial charge is 0.227 e. The topological polar surface area (TPSA) is 97.1 Å². The lowest BCUT2D eigenvalue weighted by molar-refractivity contribution is -0.122. The Hall–Kier alpha value is -1.92. The molecule has 0 bridgehead atoms. The highest BCUT2D eigenvalue weighted by Crippen LogP contribution is 2.34. The van der Waals surface area contributed by atoms with E-state index in [1.165, 1.54) is 26.2 Å². The summed E-state index contributed by atoms with van der Waals surface area (Å²) in [5, 5.41) is 10.2. The predicted octanol–water partition coefficient (Wildman–Crippen LogP) is 2.60. The predicted molar refractivity (Wildman–Crippen MR) is 96.2 cm³/mol. The van der Waals surface area contributed by atoms with Gasteiger partial charge in [-0.2, -0.15) is 4.98 Å². The molecule has 0 spiro atoms. The number of aromatic nitrogens is 2. The molecule has 2 saturated carbocycles. The number of rotatable bonds is 7. The van der Waals surface area contributed by atoms with Gasteiger partial charge in [-0.3, -0.25) is 9.59 Å². The van der Waals surface area contributed by atoms with Crippen molar-refractivity contribution in [1.29, 1.82) is 0 Å². The van der Waals surface area contributed by atoms with Gasteiger partial charge in [-0.15, -0.1) is 0 Å². The minimum absolute atomic E-state index is 0.0303. The summed E-state index contributed by atoms with van der Waals surface area (Å²) < 4.78 is 5.38. The normalized spacial score (nSPS) is 20.0. The number of nitrogens with one attached hydrogen (secondary N) is 2. The number of hydrogen-bond donors (Lipinski definition) is 2. The first-order chi connectivity index (χ1) is 12.6. The molecule has 0 aliphatic heterocycles. The van der Waals surface area contributed by atoms with Crippen LogP contribution in [0.3, 0.4) is 0 Å². The molecule has 2 amide bonds. The lowest BCUT2D eigenvalue weighted by Gasteiger charge is -2.30. The van der Waals surface area contributed by atoms with Crippen LogP contribution in [0.25, 0.3) is 0 Å². The lowest BCUT2D eigenvalue weighted by atomic mass is 9.85. The maximum absolute atomic E-state index is 12.0. The van der Waals surface area contributed by atoms with Gasteiger partial charge in [-0.25, -0.2) is 0 Å². The molecule has 0 unspecified atom stereocenters. The fraction of sp³-hybridized carbons (Fsp3) is 0.789. The molecule has 0 saturated heterocycles. The summed E-state index contributed by atoms with van der Waals surface area (Å²) in [6.07, 6.45) is 10.5. The van der Waals surface area contributed by atoms with Gasteiger partial charge >= 0.3 is 0 Å². The zero-order chi connectivity index (χ0) is 18.4. The first-order valence-corrected chi connectivity index (χ1v) is 9.96. The molecule has 2 aliphatic carbocycles. The molecule has 0 atom stereocenters. The maximum Gasteiger partial charge on any atom is 0.227 e. The third kappa shape index (κ3) is 4.83. The molecule has 2 fully saturated rings. The minimum atomic E-state index is -0.531. The molecule has 1 heterocycles. The minimum Gasteiger partial charge on any atom is -0.356 e. The zero-order valence-electron chi connectivity index (χ0n) is 15.7. The van der Waals surface area contributed by atoms with Crippen molar-refractivity contribution in [3.05, 3.63) is 11.7 Å². The number of carbonyl (C=O) groups is 2. The quantitative estimate of drug-likeness (QED) is 0.727. The molecule has 144 valence electrons. The van der Waals surface area contributed by atoms with Gasteiger partial charge in [-0.05, 0) is 31.6 Å². The van der Waals surface area contributed by atoms with Crippen molar-refractivity contribution in [3.63, 3.8) is 0 Å². The molecular formula is C19H30N4O3. The van der Waals surface area contributed by atoms with Crippen molar-refractivity contribution >= 4 is 11.8 Å². The van der Waals surface area contributed by atoms with Gasteiger partial charge in [0.2, 0.25) is 17.7 Å². The van der Waals surface area contributed by atoms with Crippen molar-refractivity contribution in [2.75, 3.05) is 6.54 Å². The Morgan fingerprint density at radius 3 is 2.50 bits per heavy atom. The second-order valence-electron chi connectivity index (χ2n) is 7.79. The fourth-order valence-electron chi connectivity index (χ4n) is 3.89. The Morgan fingerprint density at radius 2 is 1.88 bits per heavy atom. The van der Waals surface area contributed by atoms with Crippen molar-refractivity contribution in [1.82, 2.24) is 20.8 Å². The average Bonchev–Trinajstić information content (AvgIpc) is 2.92. The maximum atomic E-state index is 12.0. The van der Waals surface area contributed by atoms with Crippen LogP contribution in [-0.2, 0) is 21.5 Å². The Labute approximate surface area is 154 Å². The van der Waals surface area contributed by atoms with Crippen LogP contribution in [0, 0.1) is 5.92 Å². The van der Waals surface area contributed by atoms with Crippen molar-refractivity contribution in [2.24, 2.45) is 5.92 Å². The van der Waals surface area contributed by atoms with Gasteiger partial charge in [0.15, 0.2) is 5.82 Å². The van der Waals surface area contributed by atoms with Gasteiger partial charge in [-0.1, -0.05) is 37.3 Å². The monoisotopic (exact) mass is 362 g/mol. The van der Waals surface area contributed by atoms with Crippen molar-refractivity contribution in [3.8, 4) is 0 Å². The van der Waals surface area contributed by atoms with Crippen LogP contribution in [-0.4, -0.2) is 28.5 Å². The second kappa shape index (κ2) is 8.64. The van der Waals surface area contributed by atoms with Crippen LogP contribution in [0.5, 0.6) is 0 Å². The number of nitrogens with zero attached hydrogens (tertiary/aromatic N) is 2. The van der Waals surface area contributed by atoms with E-state index in [4.69, 9.17) is 4.52 Å². The number of aryl methyl sites for hydroxylation is 1. The third-order valence-electron chi connectivity index (χ3n) is 5.65. The number of carbonyl (C=O) groups excluding carboxylic acids is 2. The molecule has 3 rings (SSSR count). The van der Waals surface area contributed by atoms with E-state index in [1.807, 2.05) is 0 Å². The summed E-state index contributed by atoms with van der Waals surface area (Å²) in [5.41, 5.74) is -0.531. The molecule has 1 aromatic rings. The Balaban J connectivity index is 1.57. The van der Waals surface area contributed by atoms with Gasteiger partial charge < -0.3 is 15.2 Å². The molecule has 7 heteroatoms. The molecule has 0 aromatic carbocycles. The first-order valence-electron chi connectivity index (χ1n) is 9.96. The highest BCUT2D eigenvalue weighted by molar-refractivity contribution is 5.76. The zero-order valence-corrected chi connectivity index (χ0v) is 15.7. The summed E-state index contributed by atoms with van der Waals surface area (Å²) >= 11 is 0. The average molecular weight is 362 g/mol. The van der Waals surface area contributed by atoms with Gasteiger partial charge in [0.25, 0.3) is 0 Å². The van der Waals surface area contributed by atoms with Crippen molar-refractivity contribution < 1.29 is 14.1 Å². The van der Waals surface area contributed by atoms with Crippen LogP contribution in [0.4, 0.5) is 0 Å².